The van der Waals surface area contributed by atoms with Gasteiger partial charge in [0.25, 0.3) is 5.91 Å². The number of aryl methyl sites for hydroxylation is 2. The predicted molar refractivity (Wildman–Crippen MR) is 110 cm³/mol. The molecule has 1 aliphatic rings. The van der Waals surface area contributed by atoms with E-state index in [1.165, 1.54) is 10.4 Å². The Morgan fingerprint density at radius 3 is 2.44 bits per heavy atom. The molecule has 0 fully saturated rings. The number of nitrogens with zero attached hydrogens (tertiary/aromatic N) is 1. The monoisotopic (exact) mass is 383 g/mol. The third-order valence-corrected chi connectivity index (χ3v) is 7.85. The quantitative estimate of drug-likeness (QED) is 0.351. The highest BCUT2D eigenvalue weighted by Gasteiger charge is 2.34. The number of carbonyl (C=O) groups is 1. The maximum atomic E-state index is 13.3. The zero-order valence-electron chi connectivity index (χ0n) is 14.2. The first-order valence-corrected chi connectivity index (χ1v) is 10.7. The lowest BCUT2D eigenvalue weighted by molar-refractivity contribution is 0.0978. The largest absolute Gasteiger partial charge is 0.300 e. The van der Waals surface area contributed by atoms with Gasteiger partial charge in [0.1, 0.15) is 3.82 Å². The average Bonchev–Trinajstić information content (AvgIpc) is 2.98. The summed E-state index contributed by atoms with van der Waals surface area (Å²) in [5, 5.41) is 0. The van der Waals surface area contributed by atoms with Crippen molar-refractivity contribution in [2.24, 2.45) is 0 Å². The van der Waals surface area contributed by atoms with Crippen LogP contribution in [0.4, 0.5) is 5.69 Å². The zero-order valence-corrected chi connectivity index (χ0v) is 16.6. The molecule has 0 unspecified atom stereocenters. The van der Waals surface area contributed by atoms with Crippen LogP contribution in [0, 0.1) is 17.7 Å². The summed E-state index contributed by atoms with van der Waals surface area (Å²) in [5.74, 6) is 0.0348. The number of fused-ring (bicyclic) bond motifs is 3. The predicted octanol–water partition coefficient (Wildman–Crippen LogP) is 6.54. The first kappa shape index (κ1) is 16.6. The van der Waals surface area contributed by atoms with E-state index in [2.05, 4.69) is 26.0 Å². The molecule has 126 valence electrons. The van der Waals surface area contributed by atoms with Gasteiger partial charge in [0, 0.05) is 21.6 Å². The number of hydrogen-bond donors (Lipinski definition) is 0. The van der Waals surface area contributed by atoms with E-state index in [0.29, 0.717) is 5.56 Å². The molecule has 0 saturated heterocycles. The third-order valence-electron chi connectivity index (χ3n) is 4.62. The average molecular weight is 384 g/mol. The van der Waals surface area contributed by atoms with Crippen LogP contribution in [0.5, 0.6) is 0 Å². The molecule has 0 aliphatic carbocycles. The van der Waals surface area contributed by atoms with Gasteiger partial charge in [-0.2, -0.15) is 0 Å². The van der Waals surface area contributed by atoms with E-state index < -0.39 is 0 Å². The van der Waals surface area contributed by atoms with Gasteiger partial charge >= 0.3 is 0 Å². The Morgan fingerprint density at radius 1 is 1.04 bits per heavy atom. The SMILES string of the molecule is Cc1ccc(C(=O)N2c3ccc(C)cc3-c3c(ssc3=S)[C@@H]2C)cc1. The maximum absolute atomic E-state index is 13.3. The smallest absolute Gasteiger partial charge is 0.258 e. The lowest BCUT2D eigenvalue weighted by Gasteiger charge is -2.35. The first-order valence-electron chi connectivity index (χ1n) is 8.11. The van der Waals surface area contributed by atoms with Gasteiger partial charge in [-0.1, -0.05) is 62.2 Å². The minimum absolute atomic E-state index is 0.0167. The van der Waals surface area contributed by atoms with E-state index in [0.717, 1.165) is 26.2 Å². The molecule has 1 amide bonds. The van der Waals surface area contributed by atoms with Gasteiger partial charge in [0.05, 0.1) is 11.7 Å². The Kier molecular flexibility index (Phi) is 4.10. The van der Waals surface area contributed by atoms with Crippen LogP contribution < -0.4 is 4.90 Å². The fourth-order valence-corrected chi connectivity index (χ4v) is 6.37. The molecule has 2 heterocycles. The maximum Gasteiger partial charge on any atom is 0.258 e. The van der Waals surface area contributed by atoms with Gasteiger partial charge in [-0.25, -0.2) is 0 Å². The second-order valence-electron chi connectivity index (χ2n) is 6.43. The Labute approximate surface area is 159 Å². The number of amides is 1. The van der Waals surface area contributed by atoms with Crippen LogP contribution in [0.25, 0.3) is 11.1 Å². The van der Waals surface area contributed by atoms with Crippen LogP contribution in [-0.4, -0.2) is 5.91 Å². The fourth-order valence-electron chi connectivity index (χ4n) is 3.29. The lowest BCUT2D eigenvalue weighted by atomic mass is 9.94. The molecule has 25 heavy (non-hydrogen) atoms. The molecule has 2 aromatic carbocycles. The topological polar surface area (TPSA) is 20.3 Å². The molecule has 0 radical (unpaired) electrons. The highest BCUT2D eigenvalue weighted by Crippen LogP contribution is 2.49. The number of benzene rings is 2. The summed E-state index contributed by atoms with van der Waals surface area (Å²) in [6, 6.07) is 14.0. The molecular weight excluding hydrogens is 366 g/mol. The summed E-state index contributed by atoms with van der Waals surface area (Å²) in [6.07, 6.45) is 0. The van der Waals surface area contributed by atoms with Crippen LogP contribution >= 0.6 is 32.9 Å². The van der Waals surface area contributed by atoms with E-state index in [-0.39, 0.29) is 11.9 Å². The summed E-state index contributed by atoms with van der Waals surface area (Å²) >= 11 is 5.58. The van der Waals surface area contributed by atoms with Gasteiger partial charge in [-0.05, 0) is 45.0 Å². The van der Waals surface area contributed by atoms with E-state index in [1.807, 2.05) is 42.2 Å². The Balaban J connectivity index is 1.91. The zero-order chi connectivity index (χ0) is 17.7. The van der Waals surface area contributed by atoms with Gasteiger partial charge in [0.15, 0.2) is 0 Å². The van der Waals surface area contributed by atoms with Crippen molar-refractivity contribution < 1.29 is 4.79 Å². The van der Waals surface area contributed by atoms with Crippen molar-refractivity contribution in [2.75, 3.05) is 4.90 Å². The molecule has 3 aromatic rings. The van der Waals surface area contributed by atoms with E-state index in [4.69, 9.17) is 12.2 Å². The van der Waals surface area contributed by atoms with Gasteiger partial charge in [-0.15, -0.1) is 0 Å². The van der Waals surface area contributed by atoms with Gasteiger partial charge < -0.3 is 0 Å². The van der Waals surface area contributed by atoms with E-state index in [1.54, 1.807) is 20.7 Å². The molecule has 1 atom stereocenters. The summed E-state index contributed by atoms with van der Waals surface area (Å²) in [4.78, 5) is 16.4. The van der Waals surface area contributed by atoms with Gasteiger partial charge in [0.2, 0.25) is 0 Å². The lowest BCUT2D eigenvalue weighted by Crippen LogP contribution is -2.35. The minimum Gasteiger partial charge on any atom is -0.300 e. The molecule has 4 rings (SSSR count). The third kappa shape index (κ3) is 2.67. The van der Waals surface area contributed by atoms with Crippen molar-refractivity contribution in [1.82, 2.24) is 0 Å². The van der Waals surface area contributed by atoms with Crippen molar-refractivity contribution >= 4 is 44.5 Å². The second-order valence-corrected chi connectivity index (χ2v) is 9.28. The van der Waals surface area contributed by atoms with Crippen LogP contribution in [0.15, 0.2) is 42.5 Å². The summed E-state index contributed by atoms with van der Waals surface area (Å²) in [5.41, 5.74) is 6.21. The Morgan fingerprint density at radius 2 is 1.72 bits per heavy atom. The van der Waals surface area contributed by atoms with Crippen molar-refractivity contribution in [3.8, 4) is 11.1 Å². The number of rotatable bonds is 1. The van der Waals surface area contributed by atoms with Crippen LogP contribution in [0.3, 0.4) is 0 Å². The van der Waals surface area contributed by atoms with Crippen molar-refractivity contribution in [2.45, 2.75) is 26.8 Å². The molecule has 1 aromatic heterocycles. The van der Waals surface area contributed by atoms with E-state index >= 15 is 0 Å². The summed E-state index contributed by atoms with van der Waals surface area (Å²) < 4.78 is 0.918. The van der Waals surface area contributed by atoms with Crippen molar-refractivity contribution in [3.05, 3.63) is 67.9 Å². The molecule has 0 bridgehead atoms. The van der Waals surface area contributed by atoms with E-state index in [9.17, 15) is 4.79 Å². The Bertz CT molecular complexity index is 1030. The highest BCUT2D eigenvalue weighted by molar-refractivity contribution is 7.80. The second kappa shape index (κ2) is 6.16. The summed E-state index contributed by atoms with van der Waals surface area (Å²) in [7, 11) is 3.32. The van der Waals surface area contributed by atoms with Crippen LogP contribution in [-0.2, 0) is 0 Å². The van der Waals surface area contributed by atoms with Crippen LogP contribution in [0.1, 0.15) is 39.3 Å². The fraction of sp³-hybridized carbons (Fsp3) is 0.200. The number of carbonyl (C=O) groups excluding carboxylic acids is 1. The van der Waals surface area contributed by atoms with Crippen molar-refractivity contribution in [3.63, 3.8) is 0 Å². The first-order chi connectivity index (χ1) is 12.0. The summed E-state index contributed by atoms with van der Waals surface area (Å²) in [6.45, 7) is 6.19. The molecule has 1 aliphatic heterocycles. The number of hydrogen-bond acceptors (Lipinski definition) is 4. The molecule has 5 heteroatoms. The highest BCUT2D eigenvalue weighted by atomic mass is 32.9. The molecule has 0 N–H and O–H groups in total. The Hall–Kier alpha value is -1.82. The molecule has 2 nitrogen and oxygen atoms in total. The van der Waals surface area contributed by atoms with Crippen molar-refractivity contribution in [1.29, 1.82) is 0 Å². The molecule has 0 saturated carbocycles. The molecular formula is C20H17NOS3. The minimum atomic E-state index is -0.0167. The standard InChI is InChI=1S/C20H17NOS3/c1-11-4-7-14(8-5-11)19(22)21-13(3)18-17(20(23)25-24-18)15-10-12(2)6-9-16(15)21/h4-10,13H,1-3H3/t13-/m0/s1. The molecule has 0 spiro atoms. The van der Waals surface area contributed by atoms with Gasteiger partial charge in [-0.3, -0.25) is 9.69 Å². The normalized spacial score (nSPS) is 15.6. The van der Waals surface area contributed by atoms with Crippen LogP contribution in [0.2, 0.25) is 0 Å². The number of anilines is 1.